The largest absolute Gasteiger partial charge is 0.613 e. The average Bonchev–Trinajstić information content (AvgIpc) is 3.44. The Labute approximate surface area is 231 Å². The highest BCUT2D eigenvalue weighted by atomic mass is 31.1. The van der Waals surface area contributed by atoms with E-state index in [2.05, 4.69) is 20.0 Å². The van der Waals surface area contributed by atoms with Crippen LogP contribution in [0.3, 0.4) is 0 Å². The fourth-order valence-corrected chi connectivity index (χ4v) is 5.22. The second-order valence-electron chi connectivity index (χ2n) is 10.6. The van der Waals surface area contributed by atoms with Crippen LogP contribution >= 0.6 is 8.18 Å². The van der Waals surface area contributed by atoms with Crippen molar-refractivity contribution < 1.29 is 28.8 Å². The van der Waals surface area contributed by atoms with Crippen LogP contribution in [-0.4, -0.2) is 61.1 Å². The van der Waals surface area contributed by atoms with Crippen LogP contribution < -0.4 is 16.4 Å². The van der Waals surface area contributed by atoms with E-state index in [1.807, 2.05) is 13.8 Å². The number of ether oxygens (including phenoxy) is 1. The quantitative estimate of drug-likeness (QED) is 0.158. The third-order valence-corrected chi connectivity index (χ3v) is 7.29. The smallest absolute Gasteiger partial charge is 0.508 e. The summed E-state index contributed by atoms with van der Waals surface area (Å²) in [5.41, 5.74) is 5.93. The molecule has 2 aromatic heterocycles. The minimum Gasteiger partial charge on any atom is -0.508 e. The number of imidazole rings is 1. The molecule has 2 heterocycles. The van der Waals surface area contributed by atoms with Gasteiger partial charge in [-0.15, -0.1) is 4.52 Å². The number of phenols is 1. The minimum absolute atomic E-state index is 0.0130. The van der Waals surface area contributed by atoms with Gasteiger partial charge in [0.2, 0.25) is 5.95 Å². The highest BCUT2D eigenvalue weighted by Gasteiger charge is 2.51. The number of nitrogens with zero attached hydrogens (tertiary/aromatic N) is 3. The molecule has 0 radical (unpaired) electrons. The summed E-state index contributed by atoms with van der Waals surface area (Å²) in [5, 5.41) is 22.9. The Bertz CT molecular complexity index is 1510. The Kier molecular flexibility index (Phi) is 8.69. The number of H-pyrrole nitrogens is 1. The van der Waals surface area contributed by atoms with E-state index in [9.17, 15) is 24.4 Å². The number of esters is 1. The van der Waals surface area contributed by atoms with Crippen LogP contribution in [0.2, 0.25) is 0 Å². The molecule has 40 heavy (non-hydrogen) atoms. The lowest BCUT2D eigenvalue weighted by molar-refractivity contribution is -0.149. The number of aromatic nitrogens is 4. The summed E-state index contributed by atoms with van der Waals surface area (Å²) >= 11 is 0. The molecule has 0 spiro atoms. The molecule has 1 aromatic carbocycles. The summed E-state index contributed by atoms with van der Waals surface area (Å²) in [6, 6.07) is 5.57. The summed E-state index contributed by atoms with van der Waals surface area (Å²) in [5.74, 6) is -0.119. The molecule has 13 nitrogen and oxygen atoms in total. The van der Waals surface area contributed by atoms with Crippen molar-refractivity contribution in [3.63, 3.8) is 0 Å². The van der Waals surface area contributed by atoms with Gasteiger partial charge in [0.25, 0.3) is 5.56 Å². The van der Waals surface area contributed by atoms with Gasteiger partial charge in [-0.3, -0.25) is 19.1 Å². The van der Waals surface area contributed by atoms with E-state index < -0.39 is 31.2 Å². The van der Waals surface area contributed by atoms with Gasteiger partial charge in [-0.1, -0.05) is 31.1 Å². The fourth-order valence-electron chi connectivity index (χ4n) is 4.31. The number of phenolic OH excluding ortho intramolecular Hbond substituents is 1. The molecule has 214 valence electrons. The van der Waals surface area contributed by atoms with Crippen LogP contribution in [0.25, 0.3) is 28.8 Å². The van der Waals surface area contributed by atoms with Crippen molar-refractivity contribution in [1.82, 2.24) is 24.6 Å². The zero-order valence-corrected chi connectivity index (χ0v) is 23.6. The number of aromatic hydroxyl groups is 1. The van der Waals surface area contributed by atoms with Crippen molar-refractivity contribution in [2.45, 2.75) is 52.7 Å². The Balaban J connectivity index is 1.58. The van der Waals surface area contributed by atoms with E-state index in [0.717, 1.165) is 5.57 Å². The molecular formula is C26H34N6O7P+. The summed E-state index contributed by atoms with van der Waals surface area (Å²) in [6.45, 7) is 6.97. The number of fused-ring (bicyclic) bond motifs is 1. The van der Waals surface area contributed by atoms with Gasteiger partial charge in [0, 0.05) is 17.2 Å². The standard InChI is InChI=1S/C26H33N6O7P/c1-14(2)8-19(24(36)39-15(3)4)31-40(37)38-13-26(12-33)10-17(26)11-32-21(16-6-5-7-18(34)9-16)28-20-22(32)29-25(27)30-23(20)35/h5-7,9,11,14-15,19,33H,8,10,12-13H2,1-4H3,(H4-,27,29,30,31,34,35,37)/p+1/b17-11-/t19-,26-/m0/s1. The van der Waals surface area contributed by atoms with Crippen LogP contribution in [0.5, 0.6) is 5.75 Å². The maximum Gasteiger partial charge on any atom is 0.613 e. The number of aromatic amines is 1. The summed E-state index contributed by atoms with van der Waals surface area (Å²) in [6.07, 6.45) is 2.19. The minimum atomic E-state index is -2.45. The molecule has 0 bridgehead atoms. The van der Waals surface area contributed by atoms with E-state index in [-0.39, 0.29) is 48.1 Å². The van der Waals surface area contributed by atoms with Crippen LogP contribution in [0.15, 0.2) is 34.6 Å². The lowest BCUT2D eigenvalue weighted by Crippen LogP contribution is -2.37. The molecule has 4 rings (SSSR count). The fraction of sp³-hybridized carbons (Fsp3) is 0.462. The van der Waals surface area contributed by atoms with Crippen molar-refractivity contribution in [2.75, 3.05) is 18.9 Å². The van der Waals surface area contributed by atoms with E-state index in [0.29, 0.717) is 24.2 Å². The molecule has 1 aliphatic carbocycles. The SMILES string of the molecule is CC(C)C[C@H](N[P+](=O)OC[C@@]1(CO)C/C1=C/n1c(-c2cccc(O)c2)nc2c(=O)[nH]c(N)nc21)C(=O)OC(C)C. The molecule has 3 aromatic rings. The first-order valence-corrected chi connectivity index (χ1v) is 14.1. The van der Waals surface area contributed by atoms with Crippen LogP contribution in [0, 0.1) is 11.3 Å². The lowest BCUT2D eigenvalue weighted by Gasteiger charge is -2.16. The highest BCUT2D eigenvalue weighted by molar-refractivity contribution is 7.36. The average molecular weight is 574 g/mol. The molecular weight excluding hydrogens is 539 g/mol. The summed E-state index contributed by atoms with van der Waals surface area (Å²) < 4.78 is 25.2. The molecule has 1 saturated carbocycles. The van der Waals surface area contributed by atoms with Gasteiger partial charge in [0.05, 0.1) is 12.7 Å². The molecule has 0 saturated heterocycles. The van der Waals surface area contributed by atoms with Crippen LogP contribution in [0.1, 0.15) is 40.5 Å². The molecule has 1 aliphatic rings. The number of nitrogen functional groups attached to an aromatic ring is 1. The number of carbonyl (C=O) groups excluding carboxylic acids is 1. The lowest BCUT2D eigenvalue weighted by atomic mass is 10.0. The third-order valence-electron chi connectivity index (χ3n) is 6.41. The number of hydrogen-bond acceptors (Lipinski definition) is 10. The first-order valence-electron chi connectivity index (χ1n) is 12.9. The van der Waals surface area contributed by atoms with Crippen LogP contribution in [-0.2, 0) is 18.6 Å². The van der Waals surface area contributed by atoms with Crippen molar-refractivity contribution in [2.24, 2.45) is 11.3 Å². The number of benzene rings is 1. The zero-order valence-electron chi connectivity index (χ0n) is 22.7. The molecule has 0 amide bonds. The Hall–Kier alpha value is -3.64. The predicted molar refractivity (Wildman–Crippen MR) is 149 cm³/mol. The normalized spacial score (nSPS) is 19.0. The van der Waals surface area contributed by atoms with Gasteiger partial charge >= 0.3 is 14.1 Å². The van der Waals surface area contributed by atoms with Gasteiger partial charge in [0.15, 0.2) is 17.2 Å². The zero-order chi connectivity index (χ0) is 29.2. The number of carbonyl (C=O) groups is 1. The Morgan fingerprint density at radius 3 is 2.73 bits per heavy atom. The van der Waals surface area contributed by atoms with Crippen molar-refractivity contribution in [3.05, 3.63) is 40.2 Å². The Morgan fingerprint density at radius 1 is 1.32 bits per heavy atom. The third kappa shape index (κ3) is 6.56. The monoisotopic (exact) mass is 573 g/mol. The number of rotatable bonds is 12. The molecule has 0 aliphatic heterocycles. The van der Waals surface area contributed by atoms with Gasteiger partial charge in [0.1, 0.15) is 18.2 Å². The Morgan fingerprint density at radius 2 is 2.08 bits per heavy atom. The van der Waals surface area contributed by atoms with E-state index in [1.165, 1.54) is 12.1 Å². The molecule has 6 N–H and O–H groups in total. The maximum absolute atomic E-state index is 12.8. The highest BCUT2D eigenvalue weighted by Crippen LogP contribution is 2.53. The van der Waals surface area contributed by atoms with Crippen molar-refractivity contribution in [1.29, 1.82) is 0 Å². The van der Waals surface area contributed by atoms with E-state index in [4.69, 9.17) is 15.0 Å². The molecule has 1 unspecified atom stereocenters. The van der Waals surface area contributed by atoms with Gasteiger partial charge in [-0.05, 0) is 54.9 Å². The topological polar surface area (TPSA) is 195 Å². The maximum atomic E-state index is 12.8. The van der Waals surface area contributed by atoms with E-state index >= 15 is 0 Å². The first-order chi connectivity index (χ1) is 18.9. The number of nitrogens with one attached hydrogen (secondary N) is 2. The number of aliphatic hydroxyl groups is 1. The summed E-state index contributed by atoms with van der Waals surface area (Å²) in [4.78, 5) is 36.1. The molecule has 14 heteroatoms. The molecule has 3 atom stereocenters. The first kappa shape index (κ1) is 29.3. The number of anilines is 1. The number of nitrogens with two attached hydrogens (primary N) is 1. The predicted octanol–water partition coefficient (Wildman–Crippen LogP) is 2.93. The molecule has 1 fully saturated rings. The second-order valence-corrected chi connectivity index (χ2v) is 11.6. The second kappa shape index (κ2) is 11.8. The van der Waals surface area contributed by atoms with Crippen molar-refractivity contribution in [3.8, 4) is 17.1 Å². The van der Waals surface area contributed by atoms with Gasteiger partial charge < -0.3 is 20.7 Å². The van der Waals surface area contributed by atoms with Gasteiger partial charge in [-0.2, -0.15) is 4.98 Å². The van der Waals surface area contributed by atoms with Gasteiger partial charge in [-0.25, -0.2) is 4.98 Å². The van der Waals surface area contributed by atoms with E-state index in [1.54, 1.807) is 36.7 Å². The number of aliphatic hydroxyl groups excluding tert-OH is 1. The van der Waals surface area contributed by atoms with Crippen LogP contribution in [0.4, 0.5) is 5.95 Å². The summed E-state index contributed by atoms with van der Waals surface area (Å²) in [7, 11) is -2.45. The van der Waals surface area contributed by atoms with Crippen molar-refractivity contribution >= 4 is 37.5 Å². The number of hydrogen-bond donors (Lipinski definition) is 5.